The van der Waals surface area contributed by atoms with Crippen LogP contribution in [-0.2, 0) is 28.5 Å². The first-order chi connectivity index (χ1) is 20.7. The van der Waals surface area contributed by atoms with Crippen LogP contribution < -0.4 is 0 Å². The van der Waals surface area contributed by atoms with Crippen LogP contribution in [-0.4, -0.2) is 55.8 Å². The fraction of sp³-hybridized carbons (Fsp3) is 0.906. The molecule has 0 amide bonds. The van der Waals surface area contributed by atoms with Gasteiger partial charge < -0.3 is 23.7 Å². The highest BCUT2D eigenvalue weighted by atomic mass is 19.4. The quantitative estimate of drug-likeness (QED) is 0.0323. The number of hydrogen-bond donors (Lipinski definition) is 0. The third kappa shape index (κ3) is 14.4. The average Bonchev–Trinajstić information content (AvgIpc) is 2.93. The Balaban J connectivity index is 2.25. The molecule has 260 valence electrons. The topological polar surface area (TPSA) is 63.2 Å². The van der Waals surface area contributed by atoms with E-state index in [-0.39, 0.29) is 6.61 Å². The molecule has 0 aromatic rings. The van der Waals surface area contributed by atoms with Crippen molar-refractivity contribution < 1.29 is 54.8 Å². The Labute approximate surface area is 259 Å². The van der Waals surface area contributed by atoms with E-state index in [2.05, 4.69) is 23.0 Å². The van der Waals surface area contributed by atoms with Crippen LogP contribution in [0.1, 0.15) is 136 Å². The highest BCUT2D eigenvalue weighted by Crippen LogP contribution is 2.50. The Morgan fingerprint density at radius 2 is 1.25 bits per heavy atom. The summed E-state index contributed by atoms with van der Waals surface area (Å²) < 4.78 is 108. The molecule has 0 spiro atoms. The first kappa shape index (κ1) is 40.7. The first-order valence-corrected chi connectivity index (χ1v) is 16.2. The molecule has 2 unspecified atom stereocenters. The second kappa shape index (κ2) is 20.7. The van der Waals surface area contributed by atoms with Gasteiger partial charge in [0.25, 0.3) is 0 Å². The maximum atomic E-state index is 14.6. The van der Waals surface area contributed by atoms with Crippen molar-refractivity contribution in [3.8, 4) is 0 Å². The Hall–Kier alpha value is -1.37. The van der Waals surface area contributed by atoms with Crippen LogP contribution >= 0.6 is 0 Å². The summed E-state index contributed by atoms with van der Waals surface area (Å²) in [5.41, 5.74) is -2.10. The van der Waals surface area contributed by atoms with Crippen molar-refractivity contribution in [3.05, 3.63) is 12.4 Å². The van der Waals surface area contributed by atoms with Gasteiger partial charge in [0.15, 0.2) is 12.4 Å². The summed E-state index contributed by atoms with van der Waals surface area (Å²) >= 11 is 0. The second-order valence-corrected chi connectivity index (χ2v) is 12.2. The van der Waals surface area contributed by atoms with E-state index in [0.717, 1.165) is 39.5 Å². The Morgan fingerprint density at radius 1 is 0.818 bits per heavy atom. The van der Waals surface area contributed by atoms with Gasteiger partial charge in [0, 0.05) is 6.61 Å². The van der Waals surface area contributed by atoms with Crippen LogP contribution in [0.2, 0.25) is 0 Å². The lowest BCUT2D eigenvalue weighted by Crippen LogP contribution is -2.70. The molecule has 1 aliphatic rings. The lowest BCUT2D eigenvalue weighted by molar-refractivity contribution is -0.515. The summed E-state index contributed by atoms with van der Waals surface area (Å²) in [6.45, 7) is 4.12. The van der Waals surface area contributed by atoms with Crippen LogP contribution in [0, 0.1) is 0 Å². The standard InChI is InChI=1S/C32H54F6O6/c1-5-6-7-8-9-10-11-12-13-14-15-16-17-18-19-20-21-22-23-40-25-42-31(32(36,37)38)30(34,35)24-41-28(44-31)29(3,4)43-27(39)26(2)33/h28H,2,5-25H2,1,3-4H3. The first-order valence-electron chi connectivity index (χ1n) is 16.2. The van der Waals surface area contributed by atoms with Gasteiger partial charge in [0.05, 0.1) is 0 Å². The normalized spacial score (nSPS) is 20.5. The van der Waals surface area contributed by atoms with Crippen molar-refractivity contribution in [1.82, 2.24) is 0 Å². The lowest BCUT2D eigenvalue weighted by atomic mass is 10.0. The largest absolute Gasteiger partial charge is 0.450 e. The van der Waals surface area contributed by atoms with Gasteiger partial charge in [-0.25, -0.2) is 4.79 Å². The number of carbonyl (C=O) groups excluding carboxylic acids is 1. The van der Waals surface area contributed by atoms with Gasteiger partial charge in [-0.05, 0) is 20.3 Å². The maximum Gasteiger partial charge on any atom is 0.450 e. The molecular weight excluding hydrogens is 594 g/mol. The second-order valence-electron chi connectivity index (χ2n) is 12.2. The van der Waals surface area contributed by atoms with Crippen LogP contribution in [0.15, 0.2) is 12.4 Å². The van der Waals surface area contributed by atoms with Crippen molar-refractivity contribution in [2.75, 3.05) is 20.0 Å². The van der Waals surface area contributed by atoms with E-state index in [4.69, 9.17) is 14.2 Å². The van der Waals surface area contributed by atoms with Gasteiger partial charge in [0.2, 0.25) is 12.1 Å². The fourth-order valence-electron chi connectivity index (χ4n) is 5.02. The number of hydrogen-bond acceptors (Lipinski definition) is 6. The molecule has 1 heterocycles. The molecule has 0 bridgehead atoms. The predicted octanol–water partition coefficient (Wildman–Crippen LogP) is 10.1. The number of carbonyl (C=O) groups is 1. The summed E-state index contributed by atoms with van der Waals surface area (Å²) in [6, 6.07) is 0. The zero-order valence-corrected chi connectivity index (χ0v) is 26.9. The van der Waals surface area contributed by atoms with E-state index in [9.17, 15) is 31.1 Å². The monoisotopic (exact) mass is 648 g/mol. The van der Waals surface area contributed by atoms with Gasteiger partial charge in [-0.3, -0.25) is 0 Å². The lowest BCUT2D eigenvalue weighted by Gasteiger charge is -2.48. The summed E-state index contributed by atoms with van der Waals surface area (Å²) in [7, 11) is 0. The van der Waals surface area contributed by atoms with Crippen LogP contribution in [0.4, 0.5) is 26.3 Å². The molecule has 12 heteroatoms. The molecular formula is C32H54F6O6. The highest BCUT2D eigenvalue weighted by molar-refractivity contribution is 5.85. The molecule has 2 atom stereocenters. The van der Waals surface area contributed by atoms with Crippen LogP contribution in [0.3, 0.4) is 0 Å². The molecule has 0 aliphatic carbocycles. The van der Waals surface area contributed by atoms with E-state index in [1.807, 2.05) is 0 Å². The highest BCUT2D eigenvalue weighted by Gasteiger charge is 2.76. The summed E-state index contributed by atoms with van der Waals surface area (Å²) in [6.07, 6.45) is 13.6. The van der Waals surface area contributed by atoms with Crippen molar-refractivity contribution in [1.29, 1.82) is 0 Å². The number of ether oxygens (including phenoxy) is 5. The number of unbranched alkanes of at least 4 members (excludes halogenated alkanes) is 17. The average molecular weight is 649 g/mol. The maximum absolute atomic E-state index is 14.6. The SMILES string of the molecule is C=C(F)C(=O)OC(C)(C)C1OCC(F)(F)C(OCOCCCCCCCCCCCCCCCCCCCC)(C(F)(F)F)O1. The van der Waals surface area contributed by atoms with Crippen molar-refractivity contribution in [2.24, 2.45) is 0 Å². The number of esters is 1. The molecule has 6 nitrogen and oxygen atoms in total. The van der Waals surface area contributed by atoms with Gasteiger partial charge in [0.1, 0.15) is 6.61 Å². The molecule has 0 aromatic carbocycles. The zero-order valence-electron chi connectivity index (χ0n) is 26.9. The summed E-state index contributed by atoms with van der Waals surface area (Å²) in [5, 5.41) is 0. The van der Waals surface area contributed by atoms with Gasteiger partial charge >= 0.3 is 23.9 Å². The molecule has 0 N–H and O–H groups in total. The number of rotatable bonds is 25. The van der Waals surface area contributed by atoms with E-state index in [0.29, 0.717) is 6.42 Å². The molecule has 1 aliphatic heterocycles. The fourth-order valence-corrected chi connectivity index (χ4v) is 5.02. The van der Waals surface area contributed by atoms with Crippen molar-refractivity contribution in [3.63, 3.8) is 0 Å². The molecule has 1 rings (SSSR count). The zero-order chi connectivity index (χ0) is 33.1. The minimum Gasteiger partial charge on any atom is -0.449 e. The molecule has 0 radical (unpaired) electrons. The Bertz CT molecular complexity index is 807. The number of alkyl halides is 5. The third-order valence-electron chi connectivity index (χ3n) is 7.68. The van der Waals surface area contributed by atoms with E-state index >= 15 is 0 Å². The summed E-state index contributed by atoms with van der Waals surface area (Å²) in [4.78, 5) is 11.5. The number of halogens is 6. The third-order valence-corrected chi connectivity index (χ3v) is 7.68. The molecule has 1 saturated heterocycles. The van der Waals surface area contributed by atoms with Crippen molar-refractivity contribution in [2.45, 2.75) is 166 Å². The van der Waals surface area contributed by atoms with Gasteiger partial charge in [-0.2, -0.15) is 26.3 Å². The Morgan fingerprint density at radius 3 is 1.66 bits per heavy atom. The van der Waals surface area contributed by atoms with E-state index in [1.54, 1.807) is 0 Å². The summed E-state index contributed by atoms with van der Waals surface area (Å²) in [5.74, 6) is -12.2. The molecule has 0 saturated carbocycles. The predicted molar refractivity (Wildman–Crippen MR) is 156 cm³/mol. The van der Waals surface area contributed by atoms with Crippen LogP contribution in [0.25, 0.3) is 0 Å². The Kier molecular flexibility index (Phi) is 19.1. The smallest absolute Gasteiger partial charge is 0.449 e. The molecule has 44 heavy (non-hydrogen) atoms. The molecule has 1 fully saturated rings. The van der Waals surface area contributed by atoms with E-state index in [1.165, 1.54) is 83.5 Å². The van der Waals surface area contributed by atoms with Gasteiger partial charge in [-0.1, -0.05) is 123 Å². The van der Waals surface area contributed by atoms with E-state index < -0.39 is 55.0 Å². The minimum absolute atomic E-state index is 0.0138. The van der Waals surface area contributed by atoms with Gasteiger partial charge in [-0.15, -0.1) is 0 Å². The van der Waals surface area contributed by atoms with Crippen molar-refractivity contribution >= 4 is 5.97 Å². The van der Waals surface area contributed by atoms with Crippen LogP contribution in [0.5, 0.6) is 0 Å². The minimum atomic E-state index is -5.72. The molecule has 0 aromatic heterocycles.